The molecule has 3 nitrogen and oxygen atoms in total. The van der Waals surface area contributed by atoms with Crippen LogP contribution >= 0.6 is 0 Å². The third-order valence-corrected chi connectivity index (χ3v) is 2.04. The highest BCUT2D eigenvalue weighted by molar-refractivity contribution is 5.29. The molecule has 1 atom stereocenters. The molecule has 0 aliphatic heterocycles. The molecule has 0 saturated heterocycles. The summed E-state index contributed by atoms with van der Waals surface area (Å²) in [5.41, 5.74) is 6.55. The van der Waals surface area contributed by atoms with Crippen LogP contribution in [0.15, 0.2) is 18.2 Å². The Bertz CT molecular complexity index is 317. The Balaban J connectivity index is 2.53. The van der Waals surface area contributed by atoms with Crippen molar-refractivity contribution < 1.29 is 14.2 Å². The molecule has 4 heteroatoms. The van der Waals surface area contributed by atoms with E-state index in [-0.39, 0.29) is 25.0 Å². The zero-order valence-electron chi connectivity index (χ0n) is 8.74. The van der Waals surface area contributed by atoms with Gasteiger partial charge in [-0.1, -0.05) is 6.07 Å². The van der Waals surface area contributed by atoms with E-state index in [4.69, 9.17) is 15.6 Å². The van der Waals surface area contributed by atoms with E-state index in [0.717, 1.165) is 5.56 Å². The summed E-state index contributed by atoms with van der Waals surface area (Å²) in [4.78, 5) is 0. The average molecular weight is 213 g/mol. The molecule has 1 aromatic carbocycles. The van der Waals surface area contributed by atoms with Gasteiger partial charge in [0.2, 0.25) is 0 Å². The van der Waals surface area contributed by atoms with Crippen LogP contribution in [0.1, 0.15) is 12.0 Å². The smallest absolute Gasteiger partial charge is 0.165 e. The molecule has 0 bridgehead atoms. The predicted octanol–water partition coefficient (Wildman–Crippen LogP) is 1.22. The van der Waals surface area contributed by atoms with E-state index < -0.39 is 5.82 Å². The van der Waals surface area contributed by atoms with Gasteiger partial charge in [-0.15, -0.1) is 0 Å². The molecule has 0 aromatic heterocycles. The summed E-state index contributed by atoms with van der Waals surface area (Å²) in [6.07, 6.45) is 0.452. The molecule has 0 spiro atoms. The molecule has 3 N–H and O–H groups in total. The number of nitrogens with two attached hydrogens (primary N) is 1. The SMILES string of the molecule is Cc1ccc(F)c(OCC(N)CCO)c1. The molecule has 0 radical (unpaired) electrons. The van der Waals surface area contributed by atoms with Crippen LogP contribution in [0.4, 0.5) is 4.39 Å². The molecule has 0 aliphatic carbocycles. The van der Waals surface area contributed by atoms with Gasteiger partial charge in [-0.3, -0.25) is 0 Å². The van der Waals surface area contributed by atoms with Crippen molar-refractivity contribution in [3.8, 4) is 5.75 Å². The topological polar surface area (TPSA) is 55.5 Å². The fourth-order valence-electron chi connectivity index (χ4n) is 1.17. The first-order valence-electron chi connectivity index (χ1n) is 4.89. The standard InChI is InChI=1S/C11H16FNO2/c1-8-2-3-10(12)11(6-8)15-7-9(13)4-5-14/h2-3,6,9,14H,4-5,7,13H2,1H3. The third-order valence-electron chi connectivity index (χ3n) is 2.04. The van der Waals surface area contributed by atoms with E-state index in [2.05, 4.69) is 0 Å². The van der Waals surface area contributed by atoms with Gasteiger partial charge in [-0.05, 0) is 31.0 Å². The van der Waals surface area contributed by atoms with Crippen molar-refractivity contribution in [2.24, 2.45) is 5.73 Å². The summed E-state index contributed by atoms with van der Waals surface area (Å²) in [5, 5.41) is 8.62. The van der Waals surface area contributed by atoms with Crippen LogP contribution in [0.2, 0.25) is 0 Å². The number of halogens is 1. The lowest BCUT2D eigenvalue weighted by Crippen LogP contribution is -2.29. The maximum atomic E-state index is 13.2. The van der Waals surface area contributed by atoms with Gasteiger partial charge in [0.1, 0.15) is 6.61 Å². The van der Waals surface area contributed by atoms with Crippen molar-refractivity contribution in [2.45, 2.75) is 19.4 Å². The van der Waals surface area contributed by atoms with Gasteiger partial charge in [0, 0.05) is 12.6 Å². The minimum absolute atomic E-state index is 0.0147. The summed E-state index contributed by atoms with van der Waals surface area (Å²) in [5.74, 6) is -0.180. The van der Waals surface area contributed by atoms with Crippen molar-refractivity contribution in [2.75, 3.05) is 13.2 Å². The highest BCUT2D eigenvalue weighted by atomic mass is 19.1. The summed E-state index contributed by atoms with van der Waals surface area (Å²) in [6.45, 7) is 2.09. The lowest BCUT2D eigenvalue weighted by molar-refractivity contribution is 0.228. The van der Waals surface area contributed by atoms with E-state index >= 15 is 0 Å². The summed E-state index contributed by atoms with van der Waals surface area (Å²) >= 11 is 0. The van der Waals surface area contributed by atoms with Gasteiger partial charge in [0.25, 0.3) is 0 Å². The average Bonchev–Trinajstić information content (AvgIpc) is 2.20. The maximum absolute atomic E-state index is 13.2. The van der Waals surface area contributed by atoms with Crippen molar-refractivity contribution in [1.29, 1.82) is 0 Å². The fourth-order valence-corrected chi connectivity index (χ4v) is 1.17. The fraction of sp³-hybridized carbons (Fsp3) is 0.455. The Kier molecular flexibility index (Phi) is 4.52. The minimum atomic E-state index is -0.392. The van der Waals surface area contributed by atoms with E-state index in [0.29, 0.717) is 6.42 Å². The van der Waals surface area contributed by atoms with Crippen LogP contribution in [0, 0.1) is 12.7 Å². The maximum Gasteiger partial charge on any atom is 0.165 e. The molecular formula is C11H16FNO2. The molecule has 84 valence electrons. The van der Waals surface area contributed by atoms with E-state index in [1.807, 2.05) is 6.92 Å². The molecule has 1 aromatic rings. The first-order valence-corrected chi connectivity index (χ1v) is 4.89. The molecular weight excluding hydrogens is 197 g/mol. The summed E-state index contributed by atoms with van der Waals surface area (Å²) in [7, 11) is 0. The minimum Gasteiger partial charge on any atom is -0.489 e. The zero-order valence-corrected chi connectivity index (χ0v) is 8.74. The molecule has 0 amide bonds. The second-order valence-corrected chi connectivity index (χ2v) is 3.52. The largest absolute Gasteiger partial charge is 0.489 e. The quantitative estimate of drug-likeness (QED) is 0.773. The van der Waals surface area contributed by atoms with E-state index in [1.165, 1.54) is 6.07 Å². The van der Waals surface area contributed by atoms with Crippen LogP contribution < -0.4 is 10.5 Å². The summed E-state index contributed by atoms with van der Waals surface area (Å²) < 4.78 is 18.4. The number of aliphatic hydroxyl groups is 1. The Morgan fingerprint density at radius 2 is 2.27 bits per heavy atom. The van der Waals surface area contributed by atoms with Gasteiger partial charge >= 0.3 is 0 Å². The predicted molar refractivity (Wildman–Crippen MR) is 56.3 cm³/mol. The van der Waals surface area contributed by atoms with Gasteiger partial charge < -0.3 is 15.6 Å². The van der Waals surface area contributed by atoms with Crippen LogP contribution in [-0.4, -0.2) is 24.4 Å². The summed E-state index contributed by atoms with van der Waals surface area (Å²) in [6, 6.07) is 4.40. The molecule has 1 unspecified atom stereocenters. The number of benzene rings is 1. The second-order valence-electron chi connectivity index (χ2n) is 3.52. The first-order chi connectivity index (χ1) is 7.13. The third kappa shape index (κ3) is 3.85. The number of hydrogen-bond donors (Lipinski definition) is 2. The van der Waals surface area contributed by atoms with Crippen LogP contribution in [-0.2, 0) is 0 Å². The van der Waals surface area contributed by atoms with Gasteiger partial charge in [-0.25, -0.2) is 4.39 Å². The Labute approximate surface area is 88.7 Å². The molecule has 0 heterocycles. The van der Waals surface area contributed by atoms with E-state index in [9.17, 15) is 4.39 Å². The normalized spacial score (nSPS) is 12.5. The van der Waals surface area contributed by atoms with Gasteiger partial charge in [0.15, 0.2) is 11.6 Å². The zero-order chi connectivity index (χ0) is 11.3. The Hall–Kier alpha value is -1.13. The van der Waals surface area contributed by atoms with E-state index in [1.54, 1.807) is 12.1 Å². The molecule has 0 aliphatic rings. The van der Waals surface area contributed by atoms with Gasteiger partial charge in [0.05, 0.1) is 0 Å². The van der Waals surface area contributed by atoms with Crippen molar-refractivity contribution in [1.82, 2.24) is 0 Å². The van der Waals surface area contributed by atoms with Crippen molar-refractivity contribution in [3.05, 3.63) is 29.6 Å². The Morgan fingerprint density at radius 3 is 2.93 bits per heavy atom. The lowest BCUT2D eigenvalue weighted by Gasteiger charge is -2.12. The van der Waals surface area contributed by atoms with Gasteiger partial charge in [-0.2, -0.15) is 0 Å². The molecule has 0 fully saturated rings. The van der Waals surface area contributed by atoms with Crippen LogP contribution in [0.25, 0.3) is 0 Å². The van der Waals surface area contributed by atoms with Crippen molar-refractivity contribution in [3.63, 3.8) is 0 Å². The Morgan fingerprint density at radius 1 is 1.53 bits per heavy atom. The molecule has 1 rings (SSSR count). The monoisotopic (exact) mass is 213 g/mol. The number of aryl methyl sites for hydroxylation is 1. The lowest BCUT2D eigenvalue weighted by atomic mass is 10.2. The van der Waals surface area contributed by atoms with Crippen molar-refractivity contribution >= 4 is 0 Å². The molecule has 0 saturated carbocycles. The van der Waals surface area contributed by atoms with Crippen LogP contribution in [0.3, 0.4) is 0 Å². The molecule has 15 heavy (non-hydrogen) atoms. The number of hydrogen-bond acceptors (Lipinski definition) is 3. The van der Waals surface area contributed by atoms with Crippen LogP contribution in [0.5, 0.6) is 5.75 Å². The number of rotatable bonds is 5. The number of ether oxygens (including phenoxy) is 1. The highest BCUT2D eigenvalue weighted by Crippen LogP contribution is 2.18. The first kappa shape index (κ1) is 11.9. The second kappa shape index (κ2) is 5.68. The number of aliphatic hydroxyl groups excluding tert-OH is 1. The highest BCUT2D eigenvalue weighted by Gasteiger charge is 2.06.